The van der Waals surface area contributed by atoms with E-state index in [0.29, 0.717) is 0 Å². The summed E-state index contributed by atoms with van der Waals surface area (Å²) in [6.45, 7) is 0.777. The molecule has 1 saturated heterocycles. The minimum atomic E-state index is -0.188. The Morgan fingerprint density at radius 1 is 1.04 bits per heavy atom. The lowest BCUT2D eigenvalue weighted by atomic mass is 9.97. The van der Waals surface area contributed by atoms with Crippen LogP contribution >= 0.6 is 0 Å². The Labute approximate surface area is 148 Å². The number of rotatable bonds is 6. The summed E-state index contributed by atoms with van der Waals surface area (Å²) in [4.78, 5) is 14.1. The maximum atomic E-state index is 12.4. The standard InChI is InChI=1S/C20H24N2O3/c1-22-11-10-18(20(22)23)21-19(14-6-4-8-16(12-14)24-2)15-7-5-9-17(13-15)25-3/h4-9,12-13,18-19,21H,10-11H2,1-3H3/t18-/m1/s1. The average Bonchev–Trinajstić information content (AvgIpc) is 2.98. The van der Waals surface area contributed by atoms with E-state index in [4.69, 9.17) is 9.47 Å². The van der Waals surface area contributed by atoms with Crippen molar-refractivity contribution in [1.82, 2.24) is 10.2 Å². The number of amides is 1. The Hall–Kier alpha value is -2.53. The molecule has 0 saturated carbocycles. The highest BCUT2D eigenvalue weighted by molar-refractivity contribution is 5.83. The van der Waals surface area contributed by atoms with Crippen LogP contribution in [0, 0.1) is 0 Å². The predicted molar refractivity (Wildman–Crippen MR) is 97.0 cm³/mol. The summed E-state index contributed by atoms with van der Waals surface area (Å²) in [7, 11) is 5.15. The fourth-order valence-corrected chi connectivity index (χ4v) is 3.21. The lowest BCUT2D eigenvalue weighted by molar-refractivity contribution is -0.128. The van der Waals surface area contributed by atoms with Gasteiger partial charge in [0.25, 0.3) is 0 Å². The van der Waals surface area contributed by atoms with Gasteiger partial charge in [0.05, 0.1) is 26.3 Å². The van der Waals surface area contributed by atoms with Crippen molar-refractivity contribution < 1.29 is 14.3 Å². The van der Waals surface area contributed by atoms with Gasteiger partial charge in [-0.3, -0.25) is 10.1 Å². The second kappa shape index (κ2) is 7.57. The fourth-order valence-electron chi connectivity index (χ4n) is 3.21. The first-order valence-corrected chi connectivity index (χ1v) is 8.41. The van der Waals surface area contributed by atoms with Gasteiger partial charge < -0.3 is 14.4 Å². The number of ether oxygens (including phenoxy) is 2. The van der Waals surface area contributed by atoms with Crippen LogP contribution in [-0.2, 0) is 4.79 Å². The maximum Gasteiger partial charge on any atom is 0.239 e. The van der Waals surface area contributed by atoms with E-state index < -0.39 is 0 Å². The van der Waals surface area contributed by atoms with E-state index in [1.165, 1.54) is 0 Å². The molecule has 1 N–H and O–H groups in total. The molecule has 1 heterocycles. The lowest BCUT2D eigenvalue weighted by Crippen LogP contribution is -2.39. The summed E-state index contributed by atoms with van der Waals surface area (Å²) >= 11 is 0. The fraction of sp³-hybridized carbons (Fsp3) is 0.350. The summed E-state index contributed by atoms with van der Waals surface area (Å²) in [5.41, 5.74) is 2.10. The number of likely N-dealkylation sites (tertiary alicyclic amines) is 1. The van der Waals surface area contributed by atoms with Crippen LogP contribution in [0.1, 0.15) is 23.6 Å². The van der Waals surface area contributed by atoms with E-state index in [1.54, 1.807) is 19.1 Å². The number of benzene rings is 2. The van der Waals surface area contributed by atoms with Crippen LogP contribution in [-0.4, -0.2) is 44.7 Å². The molecular formula is C20H24N2O3. The first-order valence-electron chi connectivity index (χ1n) is 8.41. The summed E-state index contributed by atoms with van der Waals surface area (Å²) in [5.74, 6) is 1.72. The molecule has 1 fully saturated rings. The van der Waals surface area contributed by atoms with Crippen LogP contribution in [0.2, 0.25) is 0 Å². The maximum absolute atomic E-state index is 12.4. The molecule has 5 heteroatoms. The molecule has 0 unspecified atom stereocenters. The van der Waals surface area contributed by atoms with Crippen molar-refractivity contribution in [2.24, 2.45) is 0 Å². The van der Waals surface area contributed by atoms with Gasteiger partial charge in [-0.05, 0) is 41.8 Å². The quantitative estimate of drug-likeness (QED) is 0.878. The number of nitrogens with zero attached hydrogens (tertiary/aromatic N) is 1. The molecule has 0 aromatic heterocycles. The van der Waals surface area contributed by atoms with Gasteiger partial charge in [0, 0.05) is 13.6 Å². The van der Waals surface area contributed by atoms with Crippen molar-refractivity contribution >= 4 is 5.91 Å². The van der Waals surface area contributed by atoms with E-state index in [2.05, 4.69) is 5.32 Å². The van der Waals surface area contributed by atoms with Gasteiger partial charge in [-0.1, -0.05) is 24.3 Å². The zero-order chi connectivity index (χ0) is 17.8. The third-order valence-electron chi connectivity index (χ3n) is 4.65. The second-order valence-corrected chi connectivity index (χ2v) is 6.25. The smallest absolute Gasteiger partial charge is 0.239 e. The van der Waals surface area contributed by atoms with Crippen LogP contribution in [0.3, 0.4) is 0 Å². The number of nitrogens with one attached hydrogen (secondary N) is 1. The number of hydrogen-bond donors (Lipinski definition) is 1. The van der Waals surface area contributed by atoms with Gasteiger partial charge in [-0.25, -0.2) is 0 Å². The highest BCUT2D eigenvalue weighted by atomic mass is 16.5. The molecule has 3 rings (SSSR count). The highest BCUT2D eigenvalue weighted by Crippen LogP contribution is 2.29. The van der Waals surface area contributed by atoms with Crippen molar-refractivity contribution in [3.05, 3.63) is 59.7 Å². The predicted octanol–water partition coefficient (Wildman–Crippen LogP) is 2.61. The van der Waals surface area contributed by atoms with Crippen LogP contribution in [0.5, 0.6) is 11.5 Å². The highest BCUT2D eigenvalue weighted by Gasteiger charge is 2.31. The molecule has 0 bridgehead atoms. The molecule has 5 nitrogen and oxygen atoms in total. The number of carbonyl (C=O) groups excluding carboxylic acids is 1. The number of methoxy groups -OCH3 is 2. The molecule has 0 aliphatic carbocycles. The normalized spacial score (nSPS) is 17.2. The van der Waals surface area contributed by atoms with Crippen molar-refractivity contribution in [3.8, 4) is 11.5 Å². The third kappa shape index (κ3) is 3.77. The lowest BCUT2D eigenvalue weighted by Gasteiger charge is -2.24. The van der Waals surface area contributed by atoms with E-state index in [0.717, 1.165) is 35.6 Å². The Morgan fingerprint density at radius 2 is 1.60 bits per heavy atom. The van der Waals surface area contributed by atoms with E-state index in [1.807, 2.05) is 55.6 Å². The minimum Gasteiger partial charge on any atom is -0.497 e. The Bertz CT molecular complexity index is 700. The number of hydrogen-bond acceptors (Lipinski definition) is 4. The van der Waals surface area contributed by atoms with Crippen molar-refractivity contribution in [1.29, 1.82) is 0 Å². The summed E-state index contributed by atoms with van der Waals surface area (Å²) in [6.07, 6.45) is 0.805. The Balaban J connectivity index is 1.96. The van der Waals surface area contributed by atoms with Crippen molar-refractivity contribution in [3.63, 3.8) is 0 Å². The molecule has 1 atom stereocenters. The molecule has 2 aromatic carbocycles. The number of carbonyl (C=O) groups is 1. The topological polar surface area (TPSA) is 50.8 Å². The second-order valence-electron chi connectivity index (χ2n) is 6.25. The molecule has 1 aliphatic rings. The third-order valence-corrected chi connectivity index (χ3v) is 4.65. The van der Waals surface area contributed by atoms with Crippen LogP contribution in [0.25, 0.3) is 0 Å². The Kier molecular flexibility index (Phi) is 5.24. The van der Waals surface area contributed by atoms with Gasteiger partial charge in [0.2, 0.25) is 5.91 Å². The SMILES string of the molecule is COc1cccc(C(N[C@@H]2CCN(C)C2=O)c2cccc(OC)c2)c1. The van der Waals surface area contributed by atoms with Gasteiger partial charge in [-0.15, -0.1) is 0 Å². The van der Waals surface area contributed by atoms with Crippen LogP contribution in [0.15, 0.2) is 48.5 Å². The Morgan fingerprint density at radius 3 is 2.04 bits per heavy atom. The van der Waals surface area contributed by atoms with Crippen molar-refractivity contribution in [2.75, 3.05) is 27.8 Å². The molecule has 25 heavy (non-hydrogen) atoms. The largest absolute Gasteiger partial charge is 0.497 e. The molecule has 1 aliphatic heterocycles. The van der Waals surface area contributed by atoms with Gasteiger partial charge in [0.1, 0.15) is 11.5 Å². The van der Waals surface area contributed by atoms with Crippen molar-refractivity contribution in [2.45, 2.75) is 18.5 Å². The first kappa shape index (κ1) is 17.3. The minimum absolute atomic E-state index is 0.120. The van der Waals surface area contributed by atoms with E-state index in [-0.39, 0.29) is 18.0 Å². The zero-order valence-electron chi connectivity index (χ0n) is 14.9. The van der Waals surface area contributed by atoms with Crippen LogP contribution in [0.4, 0.5) is 0 Å². The van der Waals surface area contributed by atoms with Gasteiger partial charge in [0.15, 0.2) is 0 Å². The molecule has 1 amide bonds. The summed E-state index contributed by atoms with van der Waals surface area (Å²) < 4.78 is 10.7. The molecule has 132 valence electrons. The first-order chi connectivity index (χ1) is 12.1. The number of likely N-dealkylation sites (N-methyl/N-ethyl adjacent to an activating group) is 1. The van der Waals surface area contributed by atoms with E-state index >= 15 is 0 Å². The summed E-state index contributed by atoms with van der Waals surface area (Å²) in [5, 5.41) is 3.53. The monoisotopic (exact) mass is 340 g/mol. The molecule has 0 spiro atoms. The molecular weight excluding hydrogens is 316 g/mol. The van der Waals surface area contributed by atoms with Crippen LogP contribution < -0.4 is 14.8 Å². The van der Waals surface area contributed by atoms with Gasteiger partial charge >= 0.3 is 0 Å². The molecule has 2 aromatic rings. The van der Waals surface area contributed by atoms with Gasteiger partial charge in [-0.2, -0.15) is 0 Å². The zero-order valence-corrected chi connectivity index (χ0v) is 14.9. The van der Waals surface area contributed by atoms with E-state index in [9.17, 15) is 4.79 Å². The average molecular weight is 340 g/mol. The summed E-state index contributed by atoms with van der Waals surface area (Å²) in [6, 6.07) is 15.5. The molecule has 0 radical (unpaired) electrons.